The zero-order chi connectivity index (χ0) is 17.3. The van der Waals surface area contributed by atoms with Gasteiger partial charge in [-0.2, -0.15) is 0 Å². The Morgan fingerprint density at radius 2 is 1.88 bits per heavy atom. The van der Waals surface area contributed by atoms with E-state index in [4.69, 9.17) is 4.74 Å². The lowest BCUT2D eigenvalue weighted by Gasteiger charge is -2.40. The van der Waals surface area contributed by atoms with Gasteiger partial charge < -0.3 is 4.74 Å². The Balaban J connectivity index is 1.90. The highest BCUT2D eigenvalue weighted by Crippen LogP contribution is 2.40. The van der Waals surface area contributed by atoms with Crippen molar-refractivity contribution in [2.45, 2.75) is 32.9 Å². The van der Waals surface area contributed by atoms with Crippen LogP contribution < -0.4 is 4.90 Å². The summed E-state index contributed by atoms with van der Waals surface area (Å²) in [7, 11) is 0. The van der Waals surface area contributed by atoms with E-state index in [1.54, 1.807) is 4.90 Å². The molecule has 24 heavy (non-hydrogen) atoms. The molecule has 0 saturated carbocycles. The van der Waals surface area contributed by atoms with Crippen molar-refractivity contribution in [1.82, 2.24) is 0 Å². The van der Waals surface area contributed by atoms with E-state index in [9.17, 15) is 4.79 Å². The van der Waals surface area contributed by atoms with E-state index in [-0.39, 0.29) is 12.7 Å². The minimum atomic E-state index is -0.446. The fourth-order valence-electron chi connectivity index (χ4n) is 3.12. The van der Waals surface area contributed by atoms with Crippen molar-refractivity contribution >= 4 is 33.3 Å². The first-order valence-corrected chi connectivity index (χ1v) is 8.68. The zero-order valence-corrected chi connectivity index (χ0v) is 15.6. The van der Waals surface area contributed by atoms with E-state index in [2.05, 4.69) is 28.9 Å². The maximum atomic E-state index is 12.8. The van der Waals surface area contributed by atoms with Crippen LogP contribution in [0.25, 0.3) is 5.57 Å². The average Bonchev–Trinajstić information content (AvgIpc) is 2.54. The third kappa shape index (κ3) is 3.24. The molecule has 0 fully saturated rings. The number of ether oxygens (including phenoxy) is 1. The fourth-order valence-corrected chi connectivity index (χ4v) is 3.48. The summed E-state index contributed by atoms with van der Waals surface area (Å²) in [6.45, 7) is 6.37. The number of anilines is 1. The molecule has 2 aromatic carbocycles. The molecule has 1 aliphatic rings. The number of hydrogen-bond donors (Lipinski definition) is 0. The van der Waals surface area contributed by atoms with Gasteiger partial charge >= 0.3 is 6.09 Å². The summed E-state index contributed by atoms with van der Waals surface area (Å²) in [4.78, 5) is 14.5. The van der Waals surface area contributed by atoms with Crippen molar-refractivity contribution in [3.63, 3.8) is 0 Å². The molecule has 2 aromatic rings. The fraction of sp³-hybridized carbons (Fsp3) is 0.250. The molecule has 0 spiro atoms. The molecule has 124 valence electrons. The molecule has 0 bridgehead atoms. The van der Waals surface area contributed by atoms with Crippen LogP contribution in [0.15, 0.2) is 59.1 Å². The first-order valence-electron chi connectivity index (χ1n) is 7.89. The van der Waals surface area contributed by atoms with Crippen molar-refractivity contribution < 1.29 is 9.53 Å². The maximum Gasteiger partial charge on any atom is 0.415 e. The van der Waals surface area contributed by atoms with Gasteiger partial charge in [-0.15, -0.1) is 0 Å². The number of rotatable bonds is 2. The third-order valence-electron chi connectivity index (χ3n) is 4.16. The largest absolute Gasteiger partial charge is 0.444 e. The van der Waals surface area contributed by atoms with Crippen LogP contribution in [0.4, 0.5) is 10.5 Å². The molecule has 0 radical (unpaired) electrons. The molecule has 0 saturated heterocycles. The number of fused-ring (bicyclic) bond motifs is 1. The summed E-state index contributed by atoms with van der Waals surface area (Å²) in [5.41, 5.74) is 3.60. The second kappa shape index (κ2) is 6.44. The van der Waals surface area contributed by atoms with Gasteiger partial charge in [0.2, 0.25) is 0 Å². The summed E-state index contributed by atoms with van der Waals surface area (Å²) in [6.07, 6.45) is 1.77. The Labute approximate surface area is 151 Å². The SMILES string of the molecule is CC1=CC(C)(C)N(C(=O)OCc2ccccc2)c2ccc(Br)cc21. The van der Waals surface area contributed by atoms with Gasteiger partial charge in [0, 0.05) is 10.0 Å². The second-order valence-corrected chi connectivity index (χ2v) is 7.43. The van der Waals surface area contributed by atoms with Gasteiger partial charge in [-0.25, -0.2) is 4.79 Å². The summed E-state index contributed by atoms with van der Waals surface area (Å²) >= 11 is 3.50. The van der Waals surface area contributed by atoms with Crippen LogP contribution in [0.1, 0.15) is 31.9 Å². The number of hydrogen-bond acceptors (Lipinski definition) is 2. The van der Waals surface area contributed by atoms with Crippen molar-refractivity contribution in [3.05, 3.63) is 70.2 Å². The number of carbonyl (C=O) groups is 1. The minimum Gasteiger partial charge on any atom is -0.444 e. The van der Waals surface area contributed by atoms with E-state index >= 15 is 0 Å². The van der Waals surface area contributed by atoms with Crippen molar-refractivity contribution in [2.75, 3.05) is 4.90 Å². The standard InChI is InChI=1S/C20H20BrNO2/c1-14-12-20(2,3)22(18-10-9-16(21)11-17(14)18)19(23)24-13-15-7-5-4-6-8-15/h4-12H,13H2,1-3H3. The second-order valence-electron chi connectivity index (χ2n) is 6.52. The van der Waals surface area contributed by atoms with Crippen LogP contribution in [-0.2, 0) is 11.3 Å². The molecule has 1 heterocycles. The molecule has 0 unspecified atom stereocenters. The normalized spacial score (nSPS) is 15.5. The van der Waals surface area contributed by atoms with Gasteiger partial charge in [-0.1, -0.05) is 52.3 Å². The van der Waals surface area contributed by atoms with E-state index in [0.717, 1.165) is 26.9 Å². The Morgan fingerprint density at radius 1 is 1.17 bits per heavy atom. The lowest BCUT2D eigenvalue weighted by atomic mass is 9.89. The monoisotopic (exact) mass is 385 g/mol. The molecule has 0 aromatic heterocycles. The zero-order valence-electron chi connectivity index (χ0n) is 14.0. The number of benzene rings is 2. The Bertz CT molecular complexity index is 797. The number of carbonyl (C=O) groups excluding carboxylic acids is 1. The van der Waals surface area contributed by atoms with Gasteiger partial charge in [0.1, 0.15) is 6.61 Å². The molecular weight excluding hydrogens is 366 g/mol. The molecule has 4 heteroatoms. The third-order valence-corrected chi connectivity index (χ3v) is 4.65. The van der Waals surface area contributed by atoms with Crippen LogP contribution in [-0.4, -0.2) is 11.6 Å². The molecule has 0 N–H and O–H groups in total. The molecule has 0 atom stereocenters. The van der Waals surface area contributed by atoms with E-state index in [1.165, 1.54) is 0 Å². The summed E-state index contributed by atoms with van der Waals surface area (Å²) < 4.78 is 6.56. The van der Waals surface area contributed by atoms with Gasteiger partial charge in [0.25, 0.3) is 0 Å². The van der Waals surface area contributed by atoms with Gasteiger partial charge in [0.05, 0.1) is 11.2 Å². The summed E-state index contributed by atoms with van der Waals surface area (Å²) in [5.74, 6) is 0. The highest BCUT2D eigenvalue weighted by molar-refractivity contribution is 9.10. The maximum absolute atomic E-state index is 12.8. The highest BCUT2D eigenvalue weighted by atomic mass is 79.9. The van der Waals surface area contributed by atoms with Crippen LogP contribution in [0.2, 0.25) is 0 Å². The van der Waals surface area contributed by atoms with Crippen LogP contribution in [0.3, 0.4) is 0 Å². The first kappa shape index (κ1) is 16.8. The van der Waals surface area contributed by atoms with Crippen LogP contribution in [0.5, 0.6) is 0 Å². The smallest absolute Gasteiger partial charge is 0.415 e. The Hall–Kier alpha value is -2.07. The number of allylic oxidation sites excluding steroid dienone is 1. The highest BCUT2D eigenvalue weighted by Gasteiger charge is 2.36. The van der Waals surface area contributed by atoms with Gasteiger partial charge in [0.15, 0.2) is 0 Å². The van der Waals surface area contributed by atoms with E-state index in [1.807, 2.05) is 62.4 Å². The predicted molar refractivity (Wildman–Crippen MR) is 101 cm³/mol. The average molecular weight is 386 g/mol. The van der Waals surface area contributed by atoms with Crippen LogP contribution >= 0.6 is 15.9 Å². The molecule has 3 nitrogen and oxygen atoms in total. The lowest BCUT2D eigenvalue weighted by Crippen LogP contribution is -2.49. The number of nitrogens with zero attached hydrogens (tertiary/aromatic N) is 1. The van der Waals surface area contributed by atoms with Crippen LogP contribution in [0, 0.1) is 0 Å². The summed E-state index contributed by atoms with van der Waals surface area (Å²) in [5, 5.41) is 0. The van der Waals surface area contributed by atoms with E-state index in [0.29, 0.717) is 0 Å². The van der Waals surface area contributed by atoms with Crippen molar-refractivity contribution in [1.29, 1.82) is 0 Å². The molecule has 1 aliphatic heterocycles. The van der Waals surface area contributed by atoms with Gasteiger partial charge in [-0.05, 0) is 50.1 Å². The topological polar surface area (TPSA) is 29.5 Å². The Kier molecular flexibility index (Phi) is 4.50. The summed E-state index contributed by atoms with van der Waals surface area (Å²) in [6, 6.07) is 15.7. The van der Waals surface area contributed by atoms with Gasteiger partial charge in [-0.3, -0.25) is 4.90 Å². The van der Waals surface area contributed by atoms with E-state index < -0.39 is 5.54 Å². The predicted octanol–water partition coefficient (Wildman–Crippen LogP) is 5.79. The number of amides is 1. The van der Waals surface area contributed by atoms with Crippen molar-refractivity contribution in [2.24, 2.45) is 0 Å². The molecule has 0 aliphatic carbocycles. The molecule has 3 rings (SSSR count). The lowest BCUT2D eigenvalue weighted by molar-refractivity contribution is 0.143. The molecular formula is C20H20BrNO2. The van der Waals surface area contributed by atoms with Crippen molar-refractivity contribution in [3.8, 4) is 0 Å². The quantitative estimate of drug-likeness (QED) is 0.654. The minimum absolute atomic E-state index is 0.265. The number of halogens is 1. The molecule has 1 amide bonds. The Morgan fingerprint density at radius 3 is 2.58 bits per heavy atom. The first-order chi connectivity index (χ1) is 11.4.